The Morgan fingerprint density at radius 2 is 1.95 bits per heavy atom. The summed E-state index contributed by atoms with van der Waals surface area (Å²) < 4.78 is 0. The van der Waals surface area contributed by atoms with Crippen LogP contribution in [-0.2, 0) is 11.2 Å². The minimum Gasteiger partial charge on any atom is -0.287 e. The van der Waals surface area contributed by atoms with Gasteiger partial charge in [0.25, 0.3) is 0 Å². The molecule has 2 saturated heterocycles. The van der Waals surface area contributed by atoms with E-state index in [2.05, 4.69) is 29.6 Å². The number of benzene rings is 1. The first kappa shape index (κ1) is 15.0. The second-order valence-electron chi connectivity index (χ2n) is 6.27. The number of amides is 3. The summed E-state index contributed by atoms with van der Waals surface area (Å²) in [6, 6.07) is 10.2. The van der Waals surface area contributed by atoms with E-state index in [1.165, 1.54) is 15.4 Å². The number of carbonyl (C=O) groups is 2. The number of nitrogens with one attached hydrogen (secondary N) is 1. The van der Waals surface area contributed by atoms with E-state index in [1.54, 1.807) is 19.0 Å². The Labute approximate surface area is 130 Å². The first-order valence-corrected chi connectivity index (χ1v) is 7.83. The molecule has 3 atom stereocenters. The highest BCUT2D eigenvalue weighted by molar-refractivity contribution is 5.98. The fourth-order valence-electron chi connectivity index (χ4n) is 3.51. The first-order valence-electron chi connectivity index (χ1n) is 7.83. The lowest BCUT2D eigenvalue weighted by molar-refractivity contribution is -1.03. The number of carbonyl (C=O) groups excluding carboxylic acids is 2. The standard InChI is InChI=1S/C16H22N4O2/c1-18-14-13(15(21)19(2)16(18)22)10-20(11-17-14)9-8-12-6-4-3-5-7-12/h3-7,13-14,17H,8-11H2,1-2H3/p+2/t13-,14+/m0/s1. The molecule has 2 aliphatic heterocycles. The predicted molar refractivity (Wildman–Crippen MR) is 80.8 cm³/mol. The van der Waals surface area contributed by atoms with E-state index < -0.39 is 0 Å². The van der Waals surface area contributed by atoms with Crippen molar-refractivity contribution < 1.29 is 19.8 Å². The molecule has 118 valence electrons. The third kappa shape index (κ3) is 2.71. The second kappa shape index (κ2) is 6.06. The number of nitrogens with zero attached hydrogens (tertiary/aromatic N) is 2. The molecule has 1 aromatic rings. The average molecular weight is 304 g/mol. The molecule has 6 nitrogen and oxygen atoms in total. The Balaban J connectivity index is 1.63. The van der Waals surface area contributed by atoms with Crippen LogP contribution in [0.2, 0.25) is 0 Å². The molecule has 0 bridgehead atoms. The number of quaternary nitrogens is 2. The van der Waals surface area contributed by atoms with E-state index in [9.17, 15) is 9.59 Å². The molecule has 2 aliphatic rings. The molecule has 0 saturated carbocycles. The van der Waals surface area contributed by atoms with Crippen molar-refractivity contribution in [3.05, 3.63) is 35.9 Å². The largest absolute Gasteiger partial charge is 0.330 e. The fraction of sp³-hybridized carbons (Fsp3) is 0.500. The molecule has 3 N–H and O–H groups in total. The zero-order valence-electron chi connectivity index (χ0n) is 13.2. The van der Waals surface area contributed by atoms with Gasteiger partial charge in [-0.05, 0) is 5.56 Å². The topological polar surface area (TPSA) is 61.7 Å². The number of fused-ring (bicyclic) bond motifs is 1. The summed E-state index contributed by atoms with van der Waals surface area (Å²) >= 11 is 0. The smallest absolute Gasteiger partial charge is 0.287 e. The molecule has 1 aromatic carbocycles. The molecule has 0 radical (unpaired) electrons. The van der Waals surface area contributed by atoms with Gasteiger partial charge in [0.05, 0.1) is 6.54 Å². The highest BCUT2D eigenvalue weighted by Crippen LogP contribution is 2.16. The van der Waals surface area contributed by atoms with Gasteiger partial charge in [-0.2, -0.15) is 0 Å². The average Bonchev–Trinajstić information content (AvgIpc) is 2.57. The molecule has 3 rings (SSSR count). The summed E-state index contributed by atoms with van der Waals surface area (Å²) in [6.07, 6.45) is 0.969. The molecule has 1 unspecified atom stereocenters. The number of nitrogens with two attached hydrogens (primary N) is 1. The molecule has 2 heterocycles. The van der Waals surface area contributed by atoms with Crippen molar-refractivity contribution in [3.63, 3.8) is 0 Å². The number of hydrogen-bond donors (Lipinski definition) is 2. The van der Waals surface area contributed by atoms with E-state index in [0.717, 1.165) is 26.2 Å². The Bertz CT molecular complexity index is 563. The van der Waals surface area contributed by atoms with Crippen LogP contribution in [0.25, 0.3) is 0 Å². The fourth-order valence-corrected chi connectivity index (χ4v) is 3.51. The monoisotopic (exact) mass is 304 g/mol. The van der Waals surface area contributed by atoms with Crippen LogP contribution in [0.4, 0.5) is 4.79 Å². The second-order valence-corrected chi connectivity index (χ2v) is 6.27. The van der Waals surface area contributed by atoms with Crippen LogP contribution in [0.15, 0.2) is 30.3 Å². The van der Waals surface area contributed by atoms with Gasteiger partial charge >= 0.3 is 6.03 Å². The first-order chi connectivity index (χ1) is 10.6. The lowest BCUT2D eigenvalue weighted by atomic mass is 9.98. The normalized spacial score (nSPS) is 28.7. The molecule has 6 heteroatoms. The number of hydrogen-bond acceptors (Lipinski definition) is 2. The summed E-state index contributed by atoms with van der Waals surface area (Å²) in [5.74, 6) is -0.145. The lowest BCUT2D eigenvalue weighted by Crippen LogP contribution is -3.28. The van der Waals surface area contributed by atoms with Gasteiger partial charge in [-0.1, -0.05) is 30.3 Å². The van der Waals surface area contributed by atoms with Crippen molar-refractivity contribution in [2.24, 2.45) is 5.92 Å². The Morgan fingerprint density at radius 3 is 2.68 bits per heavy atom. The van der Waals surface area contributed by atoms with E-state index in [4.69, 9.17) is 0 Å². The minimum absolute atomic E-state index is 0.0405. The third-order valence-electron chi connectivity index (χ3n) is 4.86. The summed E-state index contributed by atoms with van der Waals surface area (Å²) in [5, 5.41) is 2.14. The van der Waals surface area contributed by atoms with Crippen molar-refractivity contribution in [2.45, 2.75) is 12.6 Å². The summed E-state index contributed by atoms with van der Waals surface area (Å²) in [5.41, 5.74) is 1.33. The highest BCUT2D eigenvalue weighted by Gasteiger charge is 2.50. The van der Waals surface area contributed by atoms with Crippen molar-refractivity contribution in [1.29, 1.82) is 0 Å². The maximum absolute atomic E-state index is 12.4. The molecular formula is C16H24N4O2+2. The van der Waals surface area contributed by atoms with Gasteiger partial charge in [0.2, 0.25) is 12.6 Å². The van der Waals surface area contributed by atoms with Crippen molar-refractivity contribution in [3.8, 4) is 0 Å². The van der Waals surface area contributed by atoms with Gasteiger partial charge in [-0.25, -0.2) is 4.79 Å². The van der Waals surface area contributed by atoms with Gasteiger partial charge in [0.1, 0.15) is 6.54 Å². The SMILES string of the molecule is CN1C(=O)[C@H]2C[NH+](CCc3ccccc3)C[NH2+][C@@H]2N(C)C1=O. The van der Waals surface area contributed by atoms with Crippen LogP contribution in [0.5, 0.6) is 0 Å². The van der Waals surface area contributed by atoms with Crippen LogP contribution >= 0.6 is 0 Å². The van der Waals surface area contributed by atoms with Crippen LogP contribution in [0.3, 0.4) is 0 Å². The van der Waals surface area contributed by atoms with E-state index >= 15 is 0 Å². The highest BCUT2D eigenvalue weighted by atomic mass is 16.2. The van der Waals surface area contributed by atoms with E-state index in [1.807, 2.05) is 6.07 Å². The van der Waals surface area contributed by atoms with Gasteiger partial charge in [-0.15, -0.1) is 0 Å². The minimum atomic E-state index is -0.199. The Kier molecular flexibility index (Phi) is 4.13. The summed E-state index contributed by atoms with van der Waals surface area (Å²) in [4.78, 5) is 28.7. The summed E-state index contributed by atoms with van der Waals surface area (Å²) in [6.45, 7) is 2.72. The van der Waals surface area contributed by atoms with E-state index in [0.29, 0.717) is 0 Å². The predicted octanol–water partition coefficient (Wildman–Crippen LogP) is -1.89. The number of imide groups is 1. The van der Waals surface area contributed by atoms with Crippen LogP contribution in [0.1, 0.15) is 5.56 Å². The molecule has 0 aliphatic carbocycles. The maximum Gasteiger partial charge on any atom is 0.330 e. The molecule has 0 aromatic heterocycles. The molecule has 3 amide bonds. The van der Waals surface area contributed by atoms with Gasteiger partial charge < -0.3 is 0 Å². The van der Waals surface area contributed by atoms with Gasteiger partial charge in [0, 0.05) is 20.5 Å². The van der Waals surface area contributed by atoms with Crippen molar-refractivity contribution in [2.75, 3.05) is 33.9 Å². The zero-order chi connectivity index (χ0) is 15.7. The summed E-state index contributed by atoms with van der Waals surface area (Å²) in [7, 11) is 3.37. The van der Waals surface area contributed by atoms with Crippen LogP contribution in [0, 0.1) is 5.92 Å². The quantitative estimate of drug-likeness (QED) is 0.686. The maximum atomic E-state index is 12.4. The lowest BCUT2D eigenvalue weighted by Gasteiger charge is -2.43. The van der Waals surface area contributed by atoms with Crippen LogP contribution < -0.4 is 10.2 Å². The molecular weight excluding hydrogens is 280 g/mol. The molecule has 22 heavy (non-hydrogen) atoms. The molecule has 2 fully saturated rings. The Hall–Kier alpha value is -1.92. The molecule has 0 spiro atoms. The van der Waals surface area contributed by atoms with Crippen molar-refractivity contribution >= 4 is 11.9 Å². The number of urea groups is 1. The van der Waals surface area contributed by atoms with E-state index in [-0.39, 0.29) is 24.0 Å². The zero-order valence-corrected chi connectivity index (χ0v) is 13.2. The van der Waals surface area contributed by atoms with Crippen molar-refractivity contribution in [1.82, 2.24) is 9.80 Å². The van der Waals surface area contributed by atoms with Gasteiger partial charge in [0.15, 0.2) is 12.1 Å². The number of rotatable bonds is 3. The van der Waals surface area contributed by atoms with Crippen LogP contribution in [-0.4, -0.2) is 61.8 Å². The van der Waals surface area contributed by atoms with Gasteiger partial charge in [-0.3, -0.25) is 24.8 Å². The Morgan fingerprint density at radius 1 is 1.23 bits per heavy atom. The third-order valence-corrected chi connectivity index (χ3v) is 4.86.